The quantitative estimate of drug-likeness (QED) is 0.642. The van der Waals surface area contributed by atoms with Gasteiger partial charge in [0.2, 0.25) is 5.91 Å². The van der Waals surface area contributed by atoms with Crippen LogP contribution < -0.4 is 0 Å². The van der Waals surface area contributed by atoms with Gasteiger partial charge >= 0.3 is 0 Å². The second-order valence-corrected chi connectivity index (χ2v) is 3.09. The maximum Gasteiger partial charge on any atom is 0.224 e. The Morgan fingerprint density at radius 1 is 1.42 bits per heavy atom. The summed E-state index contributed by atoms with van der Waals surface area (Å²) in [5.41, 5.74) is 0. The molecule has 12 heavy (non-hydrogen) atoms. The van der Waals surface area contributed by atoms with E-state index in [2.05, 4.69) is 0 Å². The lowest BCUT2D eigenvalue weighted by molar-refractivity contribution is -0.135. The maximum atomic E-state index is 11.4. The molecule has 1 fully saturated rings. The van der Waals surface area contributed by atoms with Gasteiger partial charge in [-0.25, -0.2) is 0 Å². The highest BCUT2D eigenvalue weighted by Crippen LogP contribution is 2.10. The zero-order valence-corrected chi connectivity index (χ0v) is 7.71. The minimum absolute atomic E-state index is 0.251. The third-order valence-electron chi connectivity index (χ3n) is 2.12. The highest BCUT2D eigenvalue weighted by atomic mass is 16.5. The van der Waals surface area contributed by atoms with E-state index < -0.39 is 0 Å². The average Bonchev–Trinajstić information content (AvgIpc) is 2.27. The van der Waals surface area contributed by atoms with E-state index in [4.69, 9.17) is 4.74 Å². The van der Waals surface area contributed by atoms with Gasteiger partial charge < -0.3 is 9.64 Å². The topological polar surface area (TPSA) is 29.5 Å². The van der Waals surface area contributed by atoms with Crippen molar-refractivity contribution < 1.29 is 9.53 Å². The molecule has 1 saturated heterocycles. The molecule has 0 aliphatic carbocycles. The molecule has 0 N–H and O–H groups in total. The lowest BCUT2D eigenvalue weighted by Crippen LogP contribution is -2.32. The van der Waals surface area contributed by atoms with Gasteiger partial charge in [0, 0.05) is 19.6 Å². The summed E-state index contributed by atoms with van der Waals surface area (Å²) >= 11 is 0. The number of likely N-dealkylation sites (tertiary alicyclic amines) is 1. The van der Waals surface area contributed by atoms with E-state index in [9.17, 15) is 4.79 Å². The Kier molecular flexibility index (Phi) is 4.08. The number of ether oxygens (including phenoxy) is 1. The molecule has 3 nitrogen and oxygen atoms in total. The molecule has 1 aliphatic heterocycles. The summed E-state index contributed by atoms with van der Waals surface area (Å²) in [5.74, 6) is 0.251. The van der Waals surface area contributed by atoms with Gasteiger partial charge in [-0.2, -0.15) is 0 Å². The van der Waals surface area contributed by atoms with Crippen LogP contribution in [0.5, 0.6) is 0 Å². The van der Waals surface area contributed by atoms with Crippen LogP contribution in [0.15, 0.2) is 0 Å². The average molecular weight is 171 g/mol. The lowest BCUT2D eigenvalue weighted by Gasteiger charge is -2.19. The molecule has 0 unspecified atom stereocenters. The summed E-state index contributed by atoms with van der Waals surface area (Å²) in [7, 11) is 0. The first-order valence-electron chi connectivity index (χ1n) is 4.70. The number of carbonyl (C=O) groups excluding carboxylic acids is 1. The van der Waals surface area contributed by atoms with Crippen molar-refractivity contribution in [2.45, 2.75) is 32.6 Å². The van der Waals surface area contributed by atoms with Gasteiger partial charge in [-0.05, 0) is 19.8 Å². The molecule has 0 bridgehead atoms. The Balaban J connectivity index is 2.31. The molecule has 0 aromatic heterocycles. The molecule has 0 aromatic carbocycles. The molecular weight excluding hydrogens is 154 g/mol. The van der Waals surface area contributed by atoms with Crippen LogP contribution in [0, 0.1) is 0 Å². The smallest absolute Gasteiger partial charge is 0.224 e. The highest BCUT2D eigenvalue weighted by Gasteiger charge is 2.15. The first kappa shape index (κ1) is 9.52. The Bertz CT molecular complexity index is 147. The minimum Gasteiger partial charge on any atom is -0.361 e. The molecule has 0 saturated carbocycles. The third-order valence-corrected chi connectivity index (χ3v) is 2.12. The number of rotatable bonds is 3. The van der Waals surface area contributed by atoms with Crippen LogP contribution >= 0.6 is 0 Å². The van der Waals surface area contributed by atoms with Crippen molar-refractivity contribution in [3.05, 3.63) is 0 Å². The molecule has 1 aliphatic rings. The SMILES string of the molecule is CCOCN1CCCCCC1=O. The molecule has 3 heteroatoms. The monoisotopic (exact) mass is 171 g/mol. The number of hydrogen-bond donors (Lipinski definition) is 0. The Morgan fingerprint density at radius 2 is 2.25 bits per heavy atom. The van der Waals surface area contributed by atoms with Gasteiger partial charge in [0.1, 0.15) is 6.73 Å². The van der Waals surface area contributed by atoms with Crippen LogP contribution in [0.1, 0.15) is 32.6 Å². The fourth-order valence-corrected chi connectivity index (χ4v) is 1.38. The van der Waals surface area contributed by atoms with Crippen LogP contribution in [0.3, 0.4) is 0 Å². The molecule has 70 valence electrons. The zero-order chi connectivity index (χ0) is 8.81. The molecule has 1 rings (SSSR count). The first-order valence-corrected chi connectivity index (χ1v) is 4.70. The minimum atomic E-state index is 0.251. The van der Waals surface area contributed by atoms with E-state index in [-0.39, 0.29) is 5.91 Å². The van der Waals surface area contributed by atoms with E-state index >= 15 is 0 Å². The molecular formula is C9H17NO2. The lowest BCUT2D eigenvalue weighted by atomic mass is 10.2. The number of carbonyl (C=O) groups is 1. The summed E-state index contributed by atoms with van der Waals surface area (Å²) in [6, 6.07) is 0. The van der Waals surface area contributed by atoms with Crippen molar-refractivity contribution >= 4 is 5.91 Å². The molecule has 1 heterocycles. The van der Waals surface area contributed by atoms with E-state index in [1.807, 2.05) is 11.8 Å². The Labute approximate surface area is 73.7 Å². The van der Waals surface area contributed by atoms with Crippen molar-refractivity contribution in [2.24, 2.45) is 0 Å². The number of nitrogens with zero attached hydrogens (tertiary/aromatic N) is 1. The largest absolute Gasteiger partial charge is 0.361 e. The summed E-state index contributed by atoms with van der Waals surface area (Å²) in [6.45, 7) is 3.99. The molecule has 0 radical (unpaired) electrons. The summed E-state index contributed by atoms with van der Waals surface area (Å²) < 4.78 is 5.20. The van der Waals surface area contributed by atoms with Crippen LogP contribution in [-0.4, -0.2) is 30.7 Å². The predicted molar refractivity (Wildman–Crippen MR) is 46.7 cm³/mol. The summed E-state index contributed by atoms with van der Waals surface area (Å²) in [4.78, 5) is 13.2. The van der Waals surface area contributed by atoms with Crippen molar-refractivity contribution in [1.82, 2.24) is 4.90 Å². The molecule has 1 amide bonds. The van der Waals surface area contributed by atoms with Gasteiger partial charge in [-0.1, -0.05) is 6.42 Å². The first-order chi connectivity index (χ1) is 5.84. The van der Waals surface area contributed by atoms with Gasteiger partial charge in [0.15, 0.2) is 0 Å². The Morgan fingerprint density at radius 3 is 3.00 bits per heavy atom. The normalized spacial score (nSPS) is 19.4. The van der Waals surface area contributed by atoms with Crippen molar-refractivity contribution in [3.8, 4) is 0 Å². The number of hydrogen-bond acceptors (Lipinski definition) is 2. The van der Waals surface area contributed by atoms with Crippen LogP contribution in [0.4, 0.5) is 0 Å². The molecule has 0 atom stereocenters. The van der Waals surface area contributed by atoms with Crippen LogP contribution in [-0.2, 0) is 9.53 Å². The second-order valence-electron chi connectivity index (χ2n) is 3.09. The van der Waals surface area contributed by atoms with Crippen molar-refractivity contribution in [2.75, 3.05) is 19.9 Å². The highest BCUT2D eigenvalue weighted by molar-refractivity contribution is 5.76. The summed E-state index contributed by atoms with van der Waals surface area (Å²) in [6.07, 6.45) is 4.04. The standard InChI is InChI=1S/C9H17NO2/c1-2-12-8-10-7-5-3-4-6-9(10)11/h2-8H2,1H3. The van der Waals surface area contributed by atoms with Gasteiger partial charge in [-0.15, -0.1) is 0 Å². The molecule has 0 aromatic rings. The van der Waals surface area contributed by atoms with Crippen molar-refractivity contribution in [1.29, 1.82) is 0 Å². The Hall–Kier alpha value is -0.570. The van der Waals surface area contributed by atoms with E-state index in [0.29, 0.717) is 19.8 Å². The van der Waals surface area contributed by atoms with Gasteiger partial charge in [0.25, 0.3) is 0 Å². The fraction of sp³-hybridized carbons (Fsp3) is 0.889. The van der Waals surface area contributed by atoms with Gasteiger partial charge in [0.05, 0.1) is 0 Å². The zero-order valence-electron chi connectivity index (χ0n) is 7.71. The summed E-state index contributed by atoms with van der Waals surface area (Å²) in [5, 5.41) is 0. The van der Waals surface area contributed by atoms with Gasteiger partial charge in [-0.3, -0.25) is 4.79 Å². The fourth-order valence-electron chi connectivity index (χ4n) is 1.38. The van der Waals surface area contributed by atoms with E-state index in [1.165, 1.54) is 6.42 Å². The second kappa shape index (κ2) is 5.14. The maximum absolute atomic E-state index is 11.4. The van der Waals surface area contributed by atoms with E-state index in [0.717, 1.165) is 19.4 Å². The molecule has 0 spiro atoms. The van der Waals surface area contributed by atoms with Crippen molar-refractivity contribution in [3.63, 3.8) is 0 Å². The predicted octanol–water partition coefficient (Wildman–Crippen LogP) is 1.38. The number of amides is 1. The van der Waals surface area contributed by atoms with E-state index in [1.54, 1.807) is 0 Å². The third kappa shape index (κ3) is 2.81. The van der Waals surface area contributed by atoms with Crippen LogP contribution in [0.2, 0.25) is 0 Å². The van der Waals surface area contributed by atoms with Crippen LogP contribution in [0.25, 0.3) is 0 Å².